The number of hydrogen-bond acceptors (Lipinski definition) is 5. The Morgan fingerprint density at radius 1 is 1.09 bits per heavy atom. The van der Waals surface area contributed by atoms with Crippen LogP contribution in [0.1, 0.15) is 21.7 Å². The largest absolute Gasteiger partial charge is 0.347 e. The first-order chi connectivity index (χ1) is 15.6. The molecule has 1 N–H and O–H groups in total. The Bertz CT molecular complexity index is 1420. The minimum atomic E-state index is -0.344. The highest BCUT2D eigenvalue weighted by Gasteiger charge is 2.18. The summed E-state index contributed by atoms with van der Waals surface area (Å²) in [6, 6.07) is 17.0. The molecule has 8 nitrogen and oxygen atoms in total. The number of nitrogens with zero attached hydrogens (tertiary/aromatic N) is 6. The molecule has 158 valence electrons. The van der Waals surface area contributed by atoms with Gasteiger partial charge in [0.25, 0.3) is 5.91 Å². The third-order valence-electron chi connectivity index (χ3n) is 4.97. The van der Waals surface area contributed by atoms with Crippen LogP contribution in [0.5, 0.6) is 0 Å². The van der Waals surface area contributed by atoms with Crippen molar-refractivity contribution in [3.05, 3.63) is 96.0 Å². The first-order valence-corrected chi connectivity index (χ1v) is 9.93. The molecule has 1 aromatic carbocycles. The molecular formula is C23H18FN7O. The molecule has 4 heterocycles. The van der Waals surface area contributed by atoms with E-state index >= 15 is 0 Å². The second-order valence-corrected chi connectivity index (χ2v) is 7.25. The lowest BCUT2D eigenvalue weighted by atomic mass is 10.2. The van der Waals surface area contributed by atoms with Crippen molar-refractivity contribution >= 4 is 11.6 Å². The zero-order valence-electron chi connectivity index (χ0n) is 17.1. The topological polar surface area (TPSA) is 90.0 Å². The summed E-state index contributed by atoms with van der Waals surface area (Å²) in [6.07, 6.45) is 3.30. The highest BCUT2D eigenvalue weighted by molar-refractivity contribution is 5.93. The number of aromatic nitrogens is 6. The van der Waals surface area contributed by atoms with Gasteiger partial charge in [-0.15, -0.1) is 0 Å². The van der Waals surface area contributed by atoms with E-state index < -0.39 is 0 Å². The van der Waals surface area contributed by atoms with Gasteiger partial charge in [-0.2, -0.15) is 10.2 Å². The average molecular weight is 427 g/mol. The van der Waals surface area contributed by atoms with E-state index in [0.29, 0.717) is 17.2 Å². The number of fused-ring (bicyclic) bond motifs is 1. The van der Waals surface area contributed by atoms with Crippen LogP contribution in [0, 0.1) is 12.7 Å². The summed E-state index contributed by atoms with van der Waals surface area (Å²) in [6.45, 7) is 2.15. The van der Waals surface area contributed by atoms with E-state index in [9.17, 15) is 9.18 Å². The van der Waals surface area contributed by atoms with Gasteiger partial charge in [0.1, 0.15) is 12.1 Å². The summed E-state index contributed by atoms with van der Waals surface area (Å²) >= 11 is 0. The Hall–Kier alpha value is -4.40. The number of carbonyl (C=O) groups is 1. The summed E-state index contributed by atoms with van der Waals surface area (Å²) in [4.78, 5) is 21.6. The van der Waals surface area contributed by atoms with Gasteiger partial charge in [0.15, 0.2) is 17.2 Å². The van der Waals surface area contributed by atoms with Gasteiger partial charge >= 0.3 is 0 Å². The van der Waals surface area contributed by atoms with Crippen LogP contribution in [-0.2, 0) is 6.54 Å². The number of benzene rings is 1. The quantitative estimate of drug-likeness (QED) is 0.465. The Morgan fingerprint density at radius 2 is 1.94 bits per heavy atom. The highest BCUT2D eigenvalue weighted by Crippen LogP contribution is 2.24. The van der Waals surface area contributed by atoms with Crippen LogP contribution in [-0.4, -0.2) is 35.3 Å². The van der Waals surface area contributed by atoms with E-state index in [1.54, 1.807) is 27.4 Å². The maximum Gasteiger partial charge on any atom is 0.272 e. The normalized spacial score (nSPS) is 11.1. The van der Waals surface area contributed by atoms with E-state index in [4.69, 9.17) is 0 Å². The zero-order valence-corrected chi connectivity index (χ0v) is 17.1. The maximum absolute atomic E-state index is 13.1. The van der Waals surface area contributed by atoms with Crippen LogP contribution < -0.4 is 5.32 Å². The minimum absolute atomic E-state index is 0.240. The molecule has 1 amide bonds. The lowest BCUT2D eigenvalue weighted by Crippen LogP contribution is -2.23. The fraction of sp³-hybridized carbons (Fsp3) is 0.0870. The first kappa shape index (κ1) is 19.6. The van der Waals surface area contributed by atoms with Crippen LogP contribution in [0.3, 0.4) is 0 Å². The molecule has 32 heavy (non-hydrogen) atoms. The molecule has 4 aromatic heterocycles. The monoisotopic (exact) mass is 427 g/mol. The third-order valence-corrected chi connectivity index (χ3v) is 4.97. The van der Waals surface area contributed by atoms with Crippen LogP contribution in [0.4, 0.5) is 4.39 Å². The highest BCUT2D eigenvalue weighted by atomic mass is 19.1. The third kappa shape index (κ3) is 3.83. The number of carbonyl (C=O) groups excluding carboxylic acids is 1. The number of aryl methyl sites for hydroxylation is 1. The lowest BCUT2D eigenvalue weighted by Gasteiger charge is -2.07. The van der Waals surface area contributed by atoms with Gasteiger partial charge in [0.05, 0.1) is 5.69 Å². The summed E-state index contributed by atoms with van der Waals surface area (Å²) in [5, 5.41) is 11.5. The van der Waals surface area contributed by atoms with Gasteiger partial charge in [-0.3, -0.25) is 4.79 Å². The fourth-order valence-corrected chi connectivity index (χ4v) is 3.36. The molecule has 0 radical (unpaired) electrons. The van der Waals surface area contributed by atoms with Crippen molar-refractivity contribution in [2.24, 2.45) is 0 Å². The van der Waals surface area contributed by atoms with E-state index in [-0.39, 0.29) is 24.0 Å². The molecule has 5 rings (SSSR count). The number of pyridine rings is 2. The van der Waals surface area contributed by atoms with E-state index in [0.717, 1.165) is 16.8 Å². The second-order valence-electron chi connectivity index (χ2n) is 7.25. The number of rotatable bonds is 5. The van der Waals surface area contributed by atoms with Gasteiger partial charge in [0.2, 0.25) is 0 Å². The van der Waals surface area contributed by atoms with Gasteiger partial charge in [0, 0.05) is 24.0 Å². The molecule has 0 fully saturated rings. The Kier molecular flexibility index (Phi) is 4.91. The van der Waals surface area contributed by atoms with Crippen molar-refractivity contribution < 1.29 is 9.18 Å². The molecule has 0 saturated heterocycles. The van der Waals surface area contributed by atoms with Gasteiger partial charge in [-0.05, 0) is 55.0 Å². The first-order valence-electron chi connectivity index (χ1n) is 9.93. The van der Waals surface area contributed by atoms with Crippen LogP contribution in [0.2, 0.25) is 0 Å². The van der Waals surface area contributed by atoms with Crippen LogP contribution >= 0.6 is 0 Å². The smallest absolute Gasteiger partial charge is 0.272 e. The van der Waals surface area contributed by atoms with Crippen molar-refractivity contribution in [1.82, 2.24) is 34.7 Å². The molecule has 0 unspecified atom stereocenters. The molecule has 5 aromatic rings. The van der Waals surface area contributed by atoms with E-state index in [2.05, 4.69) is 25.5 Å². The molecular weight excluding hydrogens is 409 g/mol. The summed E-state index contributed by atoms with van der Waals surface area (Å²) < 4.78 is 16.4. The zero-order chi connectivity index (χ0) is 22.1. The Labute approximate surface area is 182 Å². The summed E-state index contributed by atoms with van der Waals surface area (Å²) in [5.74, 6) is -0.0708. The molecule has 0 saturated carbocycles. The fourth-order valence-electron chi connectivity index (χ4n) is 3.36. The molecule has 9 heteroatoms. The van der Waals surface area contributed by atoms with Crippen molar-refractivity contribution in [2.75, 3.05) is 0 Å². The lowest BCUT2D eigenvalue weighted by molar-refractivity contribution is 0.0945. The Balaban J connectivity index is 1.51. The van der Waals surface area contributed by atoms with Crippen molar-refractivity contribution in [3.63, 3.8) is 0 Å². The standard InChI is InChI=1S/C23H18FN7O/c1-15-3-2-4-22(28-15)31-20(17-7-10-21-26-14-27-30(21)13-17)11-19(29-31)23(32)25-12-16-5-8-18(24)9-6-16/h2-11,13-14H,12H2,1H3,(H,25,32). The van der Waals surface area contributed by atoms with Crippen LogP contribution in [0.25, 0.3) is 22.7 Å². The van der Waals surface area contributed by atoms with Crippen LogP contribution in [0.15, 0.2) is 73.2 Å². The molecule has 0 spiro atoms. The average Bonchev–Trinajstić information content (AvgIpc) is 3.45. The molecule has 0 aliphatic heterocycles. The van der Waals surface area contributed by atoms with Crippen molar-refractivity contribution in [3.8, 4) is 17.1 Å². The van der Waals surface area contributed by atoms with E-state index in [1.165, 1.54) is 18.5 Å². The maximum atomic E-state index is 13.1. The van der Waals surface area contributed by atoms with Gasteiger partial charge in [-0.25, -0.2) is 23.6 Å². The predicted molar refractivity (Wildman–Crippen MR) is 116 cm³/mol. The molecule has 0 aliphatic rings. The molecule has 0 aliphatic carbocycles. The Morgan fingerprint density at radius 3 is 2.75 bits per heavy atom. The molecule has 0 bridgehead atoms. The van der Waals surface area contributed by atoms with E-state index in [1.807, 2.05) is 43.5 Å². The number of halogens is 1. The van der Waals surface area contributed by atoms with Crippen molar-refractivity contribution in [2.45, 2.75) is 13.5 Å². The molecule has 0 atom stereocenters. The SMILES string of the molecule is Cc1cccc(-n2nc(C(=O)NCc3ccc(F)cc3)cc2-c2ccc3ncnn3c2)n1. The second kappa shape index (κ2) is 8.03. The van der Waals surface area contributed by atoms with Gasteiger partial charge in [-0.1, -0.05) is 18.2 Å². The van der Waals surface area contributed by atoms with Gasteiger partial charge < -0.3 is 5.32 Å². The summed E-state index contributed by atoms with van der Waals surface area (Å²) in [7, 11) is 0. The summed E-state index contributed by atoms with van der Waals surface area (Å²) in [5.41, 5.74) is 4.06. The predicted octanol–water partition coefficient (Wildman–Crippen LogP) is 3.35. The minimum Gasteiger partial charge on any atom is -0.347 e. The number of hydrogen-bond donors (Lipinski definition) is 1. The number of nitrogens with one attached hydrogen (secondary N) is 1. The van der Waals surface area contributed by atoms with Crippen molar-refractivity contribution in [1.29, 1.82) is 0 Å². The number of amides is 1.